The van der Waals surface area contributed by atoms with Gasteiger partial charge >= 0.3 is 0 Å². The first-order chi connectivity index (χ1) is 8.38. The summed E-state index contributed by atoms with van der Waals surface area (Å²) in [6, 6.07) is 9.80. The molecule has 1 aromatic carbocycles. The molecule has 0 bridgehead atoms. The molecule has 0 amide bonds. The summed E-state index contributed by atoms with van der Waals surface area (Å²) in [5.74, 6) is 0. The third kappa shape index (κ3) is 5.91. The van der Waals surface area contributed by atoms with Crippen molar-refractivity contribution in [2.24, 2.45) is 0 Å². The molecular formula is C17H27. The van der Waals surface area contributed by atoms with E-state index >= 15 is 0 Å². The maximum absolute atomic E-state index is 3.40. The van der Waals surface area contributed by atoms with Crippen LogP contribution in [-0.2, 0) is 12.8 Å². The summed E-state index contributed by atoms with van der Waals surface area (Å²) < 4.78 is 0. The number of hydrogen-bond donors (Lipinski definition) is 0. The Morgan fingerprint density at radius 3 is 2.35 bits per heavy atom. The minimum atomic E-state index is 1.14. The lowest BCUT2D eigenvalue weighted by molar-refractivity contribution is 0.588. The Labute approximate surface area is 107 Å². The molecule has 0 aromatic heterocycles. The Bertz CT molecular complexity index is 288. The molecule has 0 heterocycles. The molecule has 95 valence electrons. The van der Waals surface area contributed by atoms with Crippen LogP contribution in [0, 0.1) is 6.07 Å². The molecule has 1 aromatic rings. The molecule has 0 spiro atoms. The van der Waals surface area contributed by atoms with E-state index in [1.54, 1.807) is 0 Å². The van der Waals surface area contributed by atoms with Gasteiger partial charge in [-0.1, -0.05) is 70.6 Å². The number of hydrogen-bond acceptors (Lipinski definition) is 0. The van der Waals surface area contributed by atoms with Crippen LogP contribution in [0.1, 0.15) is 69.9 Å². The Morgan fingerprint density at radius 1 is 0.941 bits per heavy atom. The normalized spacial score (nSPS) is 10.7. The maximum Gasteiger partial charge on any atom is -0.0146 e. The van der Waals surface area contributed by atoms with Crippen LogP contribution in [0.25, 0.3) is 0 Å². The molecule has 1 radical (unpaired) electrons. The highest BCUT2D eigenvalue weighted by atomic mass is 14.0. The van der Waals surface area contributed by atoms with Crippen LogP contribution in [0.3, 0.4) is 0 Å². The van der Waals surface area contributed by atoms with E-state index in [1.165, 1.54) is 62.5 Å². The first-order valence-electron chi connectivity index (χ1n) is 7.37. The van der Waals surface area contributed by atoms with E-state index < -0.39 is 0 Å². The molecular weight excluding hydrogens is 204 g/mol. The topological polar surface area (TPSA) is 0 Å². The van der Waals surface area contributed by atoms with Crippen molar-refractivity contribution in [3.8, 4) is 0 Å². The van der Waals surface area contributed by atoms with Crippen molar-refractivity contribution in [2.75, 3.05) is 0 Å². The van der Waals surface area contributed by atoms with Gasteiger partial charge in [-0.05, 0) is 36.5 Å². The van der Waals surface area contributed by atoms with E-state index in [2.05, 4.69) is 38.1 Å². The second-order valence-corrected chi connectivity index (χ2v) is 4.90. The molecule has 0 saturated carbocycles. The van der Waals surface area contributed by atoms with E-state index in [1.807, 2.05) is 0 Å². The molecule has 0 saturated heterocycles. The zero-order chi connectivity index (χ0) is 12.3. The lowest BCUT2D eigenvalue weighted by Gasteiger charge is -2.06. The summed E-state index contributed by atoms with van der Waals surface area (Å²) in [6.07, 6.45) is 12.1. The first kappa shape index (κ1) is 14.3. The standard InChI is InChI=1S/C17H27/c1-3-5-6-7-8-9-10-14-17-15-12-11-13-16(17)4-2/h11-13H,3-10,14H2,1-2H3. The zero-order valence-corrected chi connectivity index (χ0v) is 11.6. The van der Waals surface area contributed by atoms with Gasteiger partial charge in [0.1, 0.15) is 0 Å². The molecule has 0 aliphatic heterocycles. The largest absolute Gasteiger partial charge is 0.0654 e. The maximum atomic E-state index is 3.40. The van der Waals surface area contributed by atoms with Gasteiger partial charge in [0, 0.05) is 0 Å². The van der Waals surface area contributed by atoms with Crippen LogP contribution in [-0.4, -0.2) is 0 Å². The lowest BCUT2D eigenvalue weighted by atomic mass is 9.99. The van der Waals surface area contributed by atoms with Gasteiger partial charge in [0.2, 0.25) is 0 Å². The predicted molar refractivity (Wildman–Crippen MR) is 76.4 cm³/mol. The lowest BCUT2D eigenvalue weighted by Crippen LogP contribution is -1.93. The minimum absolute atomic E-state index is 1.14. The van der Waals surface area contributed by atoms with E-state index in [9.17, 15) is 0 Å². The molecule has 0 aliphatic rings. The second-order valence-electron chi connectivity index (χ2n) is 4.90. The van der Waals surface area contributed by atoms with Gasteiger partial charge in [-0.25, -0.2) is 0 Å². The fourth-order valence-corrected chi connectivity index (χ4v) is 2.33. The molecule has 0 aliphatic carbocycles. The molecule has 17 heavy (non-hydrogen) atoms. The van der Waals surface area contributed by atoms with Crippen LogP contribution >= 0.6 is 0 Å². The van der Waals surface area contributed by atoms with Gasteiger partial charge in [-0.3, -0.25) is 0 Å². The quantitative estimate of drug-likeness (QED) is 0.503. The fourth-order valence-electron chi connectivity index (χ4n) is 2.33. The van der Waals surface area contributed by atoms with Gasteiger partial charge in [0.25, 0.3) is 0 Å². The summed E-state index contributed by atoms with van der Waals surface area (Å²) in [6.45, 7) is 4.51. The molecule has 0 unspecified atom stereocenters. The fraction of sp³-hybridized carbons (Fsp3) is 0.647. The summed E-state index contributed by atoms with van der Waals surface area (Å²) in [4.78, 5) is 0. The molecule has 0 heteroatoms. The van der Waals surface area contributed by atoms with E-state index in [0.29, 0.717) is 0 Å². The van der Waals surface area contributed by atoms with Crippen molar-refractivity contribution in [3.63, 3.8) is 0 Å². The van der Waals surface area contributed by atoms with Crippen molar-refractivity contribution in [3.05, 3.63) is 35.4 Å². The predicted octanol–water partition coefficient (Wildman–Crippen LogP) is 5.34. The second kappa shape index (κ2) is 9.27. The summed E-state index contributed by atoms with van der Waals surface area (Å²) >= 11 is 0. The molecule has 1 rings (SSSR count). The highest BCUT2D eigenvalue weighted by Crippen LogP contribution is 2.14. The molecule has 0 fully saturated rings. The Morgan fingerprint density at radius 2 is 1.65 bits per heavy atom. The van der Waals surface area contributed by atoms with Crippen molar-refractivity contribution in [2.45, 2.75) is 71.6 Å². The third-order valence-corrected chi connectivity index (χ3v) is 3.45. The Kier molecular flexibility index (Phi) is 7.79. The van der Waals surface area contributed by atoms with E-state index in [-0.39, 0.29) is 0 Å². The van der Waals surface area contributed by atoms with Crippen molar-refractivity contribution in [1.29, 1.82) is 0 Å². The van der Waals surface area contributed by atoms with Crippen LogP contribution in [0.2, 0.25) is 0 Å². The summed E-state index contributed by atoms with van der Waals surface area (Å²) in [7, 11) is 0. The number of rotatable bonds is 9. The first-order valence-corrected chi connectivity index (χ1v) is 7.37. The molecule has 0 nitrogen and oxygen atoms in total. The van der Waals surface area contributed by atoms with Crippen LogP contribution in [0.15, 0.2) is 18.2 Å². The van der Waals surface area contributed by atoms with Crippen LogP contribution < -0.4 is 0 Å². The number of aryl methyl sites for hydroxylation is 2. The van der Waals surface area contributed by atoms with Gasteiger partial charge in [0.05, 0.1) is 0 Å². The Hall–Kier alpha value is -0.780. The number of unbranched alkanes of at least 4 members (excludes halogenated alkanes) is 6. The van der Waals surface area contributed by atoms with Gasteiger partial charge in [0.15, 0.2) is 0 Å². The monoisotopic (exact) mass is 231 g/mol. The SMILES string of the molecule is CCCCCCCCCc1[c]cccc1CC. The van der Waals surface area contributed by atoms with E-state index in [4.69, 9.17) is 0 Å². The highest BCUT2D eigenvalue weighted by Gasteiger charge is 1.99. The summed E-state index contributed by atoms with van der Waals surface area (Å²) in [5, 5.41) is 0. The zero-order valence-electron chi connectivity index (χ0n) is 11.6. The number of benzene rings is 1. The molecule has 0 atom stereocenters. The van der Waals surface area contributed by atoms with Gasteiger partial charge < -0.3 is 0 Å². The average molecular weight is 231 g/mol. The third-order valence-electron chi connectivity index (χ3n) is 3.45. The van der Waals surface area contributed by atoms with Crippen molar-refractivity contribution in [1.82, 2.24) is 0 Å². The minimum Gasteiger partial charge on any atom is -0.0654 e. The van der Waals surface area contributed by atoms with Crippen molar-refractivity contribution >= 4 is 0 Å². The smallest absolute Gasteiger partial charge is 0.0146 e. The van der Waals surface area contributed by atoms with Gasteiger partial charge in [-0.15, -0.1) is 0 Å². The van der Waals surface area contributed by atoms with Crippen LogP contribution in [0.5, 0.6) is 0 Å². The van der Waals surface area contributed by atoms with Gasteiger partial charge in [-0.2, -0.15) is 0 Å². The average Bonchev–Trinajstić information content (AvgIpc) is 2.38. The summed E-state index contributed by atoms with van der Waals surface area (Å²) in [5.41, 5.74) is 2.93. The van der Waals surface area contributed by atoms with E-state index in [0.717, 1.165) is 6.42 Å². The highest BCUT2D eigenvalue weighted by molar-refractivity contribution is 5.25. The molecule has 0 N–H and O–H groups in total. The Balaban J connectivity index is 2.13. The van der Waals surface area contributed by atoms with Crippen LogP contribution in [0.4, 0.5) is 0 Å². The van der Waals surface area contributed by atoms with Crippen molar-refractivity contribution < 1.29 is 0 Å².